The second-order valence-corrected chi connectivity index (χ2v) is 6.74. The van der Waals surface area contributed by atoms with Crippen molar-refractivity contribution >= 4 is 11.6 Å². The topological polar surface area (TPSA) is 86.5 Å². The molecule has 0 spiro atoms. The fraction of sp³-hybridized carbons (Fsp3) is 0.125. The number of carbonyl (C=O) groups is 1. The number of aromatic nitrogens is 2. The molecule has 0 fully saturated rings. The fourth-order valence-corrected chi connectivity index (χ4v) is 3.00. The molecule has 0 bridgehead atoms. The molecule has 1 amide bonds. The standard InChI is InChI=1S/C24H21N3O4/c1-29-18-11-13-19(14-12-18)30-16-23(28)25-21-10-6-5-9-20(21)24-26-22(27-31-24)15-17-7-3-2-4-8-17/h2-14H,15-16H2,1H3,(H,25,28). The van der Waals surface area contributed by atoms with Gasteiger partial charge in [0.05, 0.1) is 18.4 Å². The average molecular weight is 415 g/mol. The molecule has 1 aromatic heterocycles. The maximum Gasteiger partial charge on any atom is 0.262 e. The minimum absolute atomic E-state index is 0.135. The number of carbonyl (C=O) groups excluding carboxylic acids is 1. The Morgan fingerprint density at radius 3 is 2.42 bits per heavy atom. The Hall–Kier alpha value is -4.13. The van der Waals surface area contributed by atoms with Crippen molar-refractivity contribution in [2.45, 2.75) is 6.42 Å². The van der Waals surface area contributed by atoms with Crippen molar-refractivity contribution in [2.24, 2.45) is 0 Å². The highest BCUT2D eigenvalue weighted by molar-refractivity contribution is 5.95. The number of benzene rings is 3. The summed E-state index contributed by atoms with van der Waals surface area (Å²) in [7, 11) is 1.59. The minimum Gasteiger partial charge on any atom is -0.497 e. The second-order valence-electron chi connectivity index (χ2n) is 6.74. The first-order valence-corrected chi connectivity index (χ1v) is 9.74. The highest BCUT2D eigenvalue weighted by atomic mass is 16.5. The number of hydrogen-bond donors (Lipinski definition) is 1. The Labute approximate surface area is 179 Å². The first-order chi connectivity index (χ1) is 15.2. The van der Waals surface area contributed by atoms with E-state index < -0.39 is 0 Å². The van der Waals surface area contributed by atoms with E-state index in [1.54, 1.807) is 37.4 Å². The van der Waals surface area contributed by atoms with Gasteiger partial charge < -0.3 is 19.3 Å². The Kier molecular flexibility index (Phi) is 6.23. The fourth-order valence-electron chi connectivity index (χ4n) is 3.00. The van der Waals surface area contributed by atoms with Gasteiger partial charge >= 0.3 is 0 Å². The molecule has 4 aromatic rings. The predicted octanol–water partition coefficient (Wildman–Crippen LogP) is 4.35. The third kappa shape index (κ3) is 5.27. The van der Waals surface area contributed by atoms with Gasteiger partial charge in [-0.05, 0) is 42.0 Å². The zero-order valence-corrected chi connectivity index (χ0v) is 16.9. The van der Waals surface area contributed by atoms with E-state index in [0.29, 0.717) is 35.1 Å². The summed E-state index contributed by atoms with van der Waals surface area (Å²) in [6.07, 6.45) is 0.564. The molecule has 0 aliphatic carbocycles. The molecule has 4 rings (SSSR count). The summed E-state index contributed by atoms with van der Waals surface area (Å²) in [5, 5.41) is 6.91. The molecule has 0 radical (unpaired) electrons. The third-order valence-corrected chi connectivity index (χ3v) is 4.53. The number of para-hydroxylation sites is 1. The van der Waals surface area contributed by atoms with Crippen molar-refractivity contribution in [1.29, 1.82) is 0 Å². The molecule has 0 aliphatic heterocycles. The van der Waals surface area contributed by atoms with Crippen LogP contribution in [0.4, 0.5) is 5.69 Å². The van der Waals surface area contributed by atoms with Crippen LogP contribution in [-0.4, -0.2) is 29.8 Å². The lowest BCUT2D eigenvalue weighted by Gasteiger charge is -2.10. The average Bonchev–Trinajstić information content (AvgIpc) is 3.27. The summed E-state index contributed by atoms with van der Waals surface area (Å²) in [5.41, 5.74) is 2.31. The van der Waals surface area contributed by atoms with Gasteiger partial charge in [-0.15, -0.1) is 0 Å². The number of rotatable bonds is 8. The summed E-state index contributed by atoms with van der Waals surface area (Å²) in [5.74, 6) is 1.92. The number of ether oxygens (including phenoxy) is 2. The summed E-state index contributed by atoms with van der Waals surface area (Å²) in [6.45, 7) is -0.135. The number of nitrogens with one attached hydrogen (secondary N) is 1. The van der Waals surface area contributed by atoms with E-state index in [2.05, 4.69) is 15.5 Å². The molecule has 31 heavy (non-hydrogen) atoms. The number of anilines is 1. The third-order valence-electron chi connectivity index (χ3n) is 4.53. The predicted molar refractivity (Wildman–Crippen MR) is 116 cm³/mol. The van der Waals surface area contributed by atoms with E-state index in [-0.39, 0.29) is 12.5 Å². The maximum absolute atomic E-state index is 12.4. The van der Waals surface area contributed by atoms with Crippen molar-refractivity contribution in [2.75, 3.05) is 19.0 Å². The van der Waals surface area contributed by atoms with Gasteiger partial charge in [-0.3, -0.25) is 4.79 Å². The van der Waals surface area contributed by atoms with E-state index >= 15 is 0 Å². The molecule has 7 heteroatoms. The highest BCUT2D eigenvalue weighted by Crippen LogP contribution is 2.27. The van der Waals surface area contributed by atoms with Gasteiger partial charge in [0, 0.05) is 6.42 Å². The second kappa shape index (κ2) is 9.58. The number of hydrogen-bond acceptors (Lipinski definition) is 6. The molecule has 0 saturated heterocycles. The van der Waals surface area contributed by atoms with Crippen molar-refractivity contribution in [3.05, 3.63) is 90.3 Å². The molecule has 0 saturated carbocycles. The van der Waals surface area contributed by atoms with Crippen LogP contribution in [0.5, 0.6) is 11.5 Å². The van der Waals surface area contributed by atoms with Gasteiger partial charge in [0.1, 0.15) is 11.5 Å². The number of amides is 1. The Balaban J connectivity index is 1.41. The monoisotopic (exact) mass is 415 g/mol. The van der Waals surface area contributed by atoms with Crippen LogP contribution in [0.2, 0.25) is 0 Å². The van der Waals surface area contributed by atoms with Crippen LogP contribution in [0.3, 0.4) is 0 Å². The van der Waals surface area contributed by atoms with E-state index in [1.807, 2.05) is 48.5 Å². The zero-order chi connectivity index (χ0) is 21.5. The van der Waals surface area contributed by atoms with Gasteiger partial charge in [-0.1, -0.05) is 47.6 Å². The van der Waals surface area contributed by atoms with Gasteiger partial charge in [-0.2, -0.15) is 4.98 Å². The molecule has 0 atom stereocenters. The summed E-state index contributed by atoms with van der Waals surface area (Å²) >= 11 is 0. The highest BCUT2D eigenvalue weighted by Gasteiger charge is 2.15. The van der Waals surface area contributed by atoms with Crippen LogP contribution in [0.1, 0.15) is 11.4 Å². The summed E-state index contributed by atoms with van der Waals surface area (Å²) < 4.78 is 16.1. The number of methoxy groups -OCH3 is 1. The molecule has 0 unspecified atom stereocenters. The first-order valence-electron chi connectivity index (χ1n) is 9.74. The lowest BCUT2D eigenvalue weighted by Crippen LogP contribution is -2.20. The van der Waals surface area contributed by atoms with E-state index in [4.69, 9.17) is 14.0 Å². The van der Waals surface area contributed by atoms with Crippen molar-refractivity contribution < 1.29 is 18.8 Å². The normalized spacial score (nSPS) is 10.5. The van der Waals surface area contributed by atoms with E-state index in [1.165, 1.54) is 0 Å². The molecule has 1 heterocycles. The first kappa shape index (κ1) is 20.2. The molecular weight excluding hydrogens is 394 g/mol. The Bertz CT molecular complexity index is 1140. The van der Waals surface area contributed by atoms with Crippen LogP contribution < -0.4 is 14.8 Å². The van der Waals surface area contributed by atoms with Crippen LogP contribution in [0, 0.1) is 0 Å². The van der Waals surface area contributed by atoms with Crippen LogP contribution >= 0.6 is 0 Å². The quantitative estimate of drug-likeness (QED) is 0.460. The van der Waals surface area contributed by atoms with Crippen molar-refractivity contribution in [3.63, 3.8) is 0 Å². The molecule has 7 nitrogen and oxygen atoms in total. The van der Waals surface area contributed by atoms with Gasteiger partial charge in [0.2, 0.25) is 0 Å². The van der Waals surface area contributed by atoms with Crippen molar-refractivity contribution in [3.8, 4) is 23.0 Å². The molecule has 1 N–H and O–H groups in total. The lowest BCUT2D eigenvalue weighted by atomic mass is 10.1. The van der Waals surface area contributed by atoms with E-state index in [0.717, 1.165) is 11.3 Å². The molecule has 3 aromatic carbocycles. The number of nitrogens with zero attached hydrogens (tertiary/aromatic N) is 2. The van der Waals surface area contributed by atoms with E-state index in [9.17, 15) is 4.79 Å². The van der Waals surface area contributed by atoms with Gasteiger partial charge in [-0.25, -0.2) is 0 Å². The van der Waals surface area contributed by atoms with Gasteiger partial charge in [0.15, 0.2) is 12.4 Å². The SMILES string of the molecule is COc1ccc(OCC(=O)Nc2ccccc2-c2nc(Cc3ccccc3)no2)cc1. The van der Waals surface area contributed by atoms with Crippen LogP contribution in [0.15, 0.2) is 83.4 Å². The molecular formula is C24H21N3O4. The summed E-state index contributed by atoms with van der Waals surface area (Å²) in [4.78, 5) is 16.9. The lowest BCUT2D eigenvalue weighted by molar-refractivity contribution is -0.118. The van der Waals surface area contributed by atoms with Crippen molar-refractivity contribution in [1.82, 2.24) is 10.1 Å². The Morgan fingerprint density at radius 2 is 1.65 bits per heavy atom. The largest absolute Gasteiger partial charge is 0.497 e. The van der Waals surface area contributed by atoms with Crippen LogP contribution in [0.25, 0.3) is 11.5 Å². The summed E-state index contributed by atoms with van der Waals surface area (Å²) in [6, 6.07) is 24.2. The van der Waals surface area contributed by atoms with Crippen LogP contribution in [-0.2, 0) is 11.2 Å². The maximum atomic E-state index is 12.4. The minimum atomic E-state index is -0.299. The smallest absolute Gasteiger partial charge is 0.262 e. The Morgan fingerprint density at radius 1 is 0.935 bits per heavy atom. The molecule has 0 aliphatic rings. The van der Waals surface area contributed by atoms with Gasteiger partial charge in [0.25, 0.3) is 11.8 Å². The zero-order valence-electron chi connectivity index (χ0n) is 16.9. The molecule has 156 valence electrons.